The first-order chi connectivity index (χ1) is 15.5. The van der Waals surface area contributed by atoms with E-state index in [0.29, 0.717) is 24.2 Å². The minimum atomic E-state index is -0.673. The minimum Gasteiger partial charge on any atom is -0.339 e. The summed E-state index contributed by atoms with van der Waals surface area (Å²) in [6.45, 7) is 4.09. The van der Waals surface area contributed by atoms with Crippen LogP contribution >= 0.6 is 0 Å². The Bertz CT molecular complexity index is 1170. The van der Waals surface area contributed by atoms with Crippen molar-refractivity contribution in [2.45, 2.75) is 56.5 Å². The van der Waals surface area contributed by atoms with Crippen LogP contribution in [0.5, 0.6) is 0 Å². The first kappa shape index (κ1) is 19.5. The topological polar surface area (TPSA) is 120 Å². The standard InChI is InChI=1S/C22H29N9O/c1-22(20(32)29-11-7-15(23)13-29)8-3-9-30(22)21-25-19(17-4-2-10-31(17)28-21)24-18-12-16(26-27-18)14-5-6-14/h2,4,10,12,14-15H,3,5-9,11,13,23H2,1H3,(H2,24,25,26,27,28)/t15-,22+/m1/s1. The number of anilines is 3. The third kappa shape index (κ3) is 3.21. The summed E-state index contributed by atoms with van der Waals surface area (Å²) in [5.41, 5.74) is 7.42. The summed E-state index contributed by atoms with van der Waals surface area (Å²) in [4.78, 5) is 22.3. The molecule has 2 aliphatic heterocycles. The van der Waals surface area contributed by atoms with Gasteiger partial charge in [-0.1, -0.05) is 0 Å². The number of aromatic amines is 1. The number of hydrogen-bond acceptors (Lipinski definition) is 7. The maximum atomic E-state index is 13.5. The highest BCUT2D eigenvalue weighted by Gasteiger charge is 2.47. The molecule has 2 atom stereocenters. The molecule has 0 aromatic carbocycles. The van der Waals surface area contributed by atoms with Gasteiger partial charge in [0.15, 0.2) is 11.6 Å². The van der Waals surface area contributed by atoms with Crippen LogP contribution < -0.4 is 16.0 Å². The third-order valence-corrected chi connectivity index (χ3v) is 7.10. The molecular weight excluding hydrogens is 406 g/mol. The zero-order valence-electron chi connectivity index (χ0n) is 18.3. The van der Waals surface area contributed by atoms with Crippen LogP contribution in [-0.4, -0.2) is 66.8 Å². The van der Waals surface area contributed by atoms with E-state index in [1.54, 1.807) is 0 Å². The Morgan fingerprint density at radius 1 is 1.31 bits per heavy atom. The lowest BCUT2D eigenvalue weighted by Crippen LogP contribution is -2.55. The smallest absolute Gasteiger partial charge is 0.248 e. The second kappa shape index (κ2) is 7.19. The highest BCUT2D eigenvalue weighted by Crippen LogP contribution is 2.40. The van der Waals surface area contributed by atoms with Gasteiger partial charge in [-0.25, -0.2) is 4.52 Å². The molecule has 2 saturated heterocycles. The van der Waals surface area contributed by atoms with E-state index in [4.69, 9.17) is 15.8 Å². The predicted molar refractivity (Wildman–Crippen MR) is 121 cm³/mol. The largest absolute Gasteiger partial charge is 0.339 e. The molecule has 1 aliphatic carbocycles. The molecule has 3 aliphatic rings. The fraction of sp³-hybridized carbons (Fsp3) is 0.545. The molecule has 32 heavy (non-hydrogen) atoms. The highest BCUT2D eigenvalue weighted by molar-refractivity contribution is 5.90. The molecule has 5 heterocycles. The van der Waals surface area contributed by atoms with Gasteiger partial charge >= 0.3 is 0 Å². The number of fused-ring (bicyclic) bond motifs is 1. The molecule has 6 rings (SSSR count). The fourth-order valence-corrected chi connectivity index (χ4v) is 5.07. The van der Waals surface area contributed by atoms with Gasteiger partial charge in [0.05, 0.1) is 0 Å². The van der Waals surface area contributed by atoms with E-state index in [-0.39, 0.29) is 11.9 Å². The zero-order valence-corrected chi connectivity index (χ0v) is 18.3. The second-order valence-corrected chi connectivity index (χ2v) is 9.54. The van der Waals surface area contributed by atoms with Gasteiger partial charge < -0.3 is 20.9 Å². The number of rotatable bonds is 5. The summed E-state index contributed by atoms with van der Waals surface area (Å²) in [6.07, 6.45) is 6.88. The minimum absolute atomic E-state index is 0.0649. The van der Waals surface area contributed by atoms with E-state index in [1.807, 2.05) is 34.7 Å². The predicted octanol–water partition coefficient (Wildman–Crippen LogP) is 1.99. The van der Waals surface area contributed by atoms with Crippen LogP contribution in [0.25, 0.3) is 5.52 Å². The van der Waals surface area contributed by atoms with Crippen LogP contribution in [0.3, 0.4) is 0 Å². The number of H-pyrrole nitrogens is 1. The Morgan fingerprint density at radius 3 is 2.97 bits per heavy atom. The molecular formula is C22H29N9O. The van der Waals surface area contributed by atoms with E-state index in [0.717, 1.165) is 49.4 Å². The molecule has 0 bridgehead atoms. The van der Waals surface area contributed by atoms with E-state index in [2.05, 4.69) is 26.5 Å². The normalized spacial score (nSPS) is 25.8. The van der Waals surface area contributed by atoms with Crippen LogP contribution in [-0.2, 0) is 4.79 Å². The summed E-state index contributed by atoms with van der Waals surface area (Å²) in [5, 5.41) is 15.7. The lowest BCUT2D eigenvalue weighted by atomic mass is 9.97. The quantitative estimate of drug-likeness (QED) is 0.560. The maximum Gasteiger partial charge on any atom is 0.248 e. The number of likely N-dealkylation sites (tertiary alicyclic amines) is 1. The summed E-state index contributed by atoms with van der Waals surface area (Å²) >= 11 is 0. The van der Waals surface area contributed by atoms with Gasteiger partial charge in [-0.15, -0.1) is 5.10 Å². The Morgan fingerprint density at radius 2 is 2.19 bits per heavy atom. The van der Waals surface area contributed by atoms with Crippen LogP contribution in [0.1, 0.15) is 50.6 Å². The van der Waals surface area contributed by atoms with E-state index >= 15 is 0 Å². The second-order valence-electron chi connectivity index (χ2n) is 9.54. The average Bonchev–Trinajstić information content (AvgIpc) is 3.18. The summed E-state index contributed by atoms with van der Waals surface area (Å²) < 4.78 is 1.81. The fourth-order valence-electron chi connectivity index (χ4n) is 5.07. The average molecular weight is 436 g/mol. The van der Waals surface area contributed by atoms with Crippen molar-refractivity contribution in [2.24, 2.45) is 5.73 Å². The number of nitrogens with zero attached hydrogens (tertiary/aromatic N) is 6. The molecule has 1 saturated carbocycles. The molecule has 10 heteroatoms. The number of nitrogens with one attached hydrogen (secondary N) is 2. The highest BCUT2D eigenvalue weighted by atomic mass is 16.2. The van der Waals surface area contributed by atoms with E-state index in [9.17, 15) is 4.79 Å². The van der Waals surface area contributed by atoms with Gasteiger partial charge in [0.25, 0.3) is 0 Å². The number of nitrogens with two attached hydrogens (primary N) is 1. The summed E-state index contributed by atoms with van der Waals surface area (Å²) in [6, 6.07) is 6.04. The first-order valence-corrected chi connectivity index (χ1v) is 11.5. The number of hydrogen-bond donors (Lipinski definition) is 3. The van der Waals surface area contributed by atoms with Crippen molar-refractivity contribution in [2.75, 3.05) is 29.9 Å². The van der Waals surface area contributed by atoms with Crippen molar-refractivity contribution >= 4 is 29.0 Å². The van der Waals surface area contributed by atoms with Crippen LogP contribution in [0.15, 0.2) is 24.4 Å². The maximum absolute atomic E-state index is 13.5. The summed E-state index contributed by atoms with van der Waals surface area (Å²) in [5.74, 6) is 2.69. The molecule has 3 aromatic heterocycles. The van der Waals surface area contributed by atoms with Crippen molar-refractivity contribution in [1.29, 1.82) is 0 Å². The molecule has 168 valence electrons. The molecule has 0 radical (unpaired) electrons. The monoisotopic (exact) mass is 435 g/mol. The number of carbonyl (C=O) groups excluding carboxylic acids is 1. The molecule has 4 N–H and O–H groups in total. The van der Waals surface area contributed by atoms with E-state index < -0.39 is 5.54 Å². The van der Waals surface area contributed by atoms with Crippen molar-refractivity contribution in [3.63, 3.8) is 0 Å². The van der Waals surface area contributed by atoms with E-state index in [1.165, 1.54) is 12.8 Å². The van der Waals surface area contributed by atoms with Crippen molar-refractivity contribution in [3.05, 3.63) is 30.1 Å². The lowest BCUT2D eigenvalue weighted by molar-refractivity contribution is -0.135. The number of aromatic nitrogens is 5. The van der Waals surface area contributed by atoms with Gasteiger partial charge in [0, 0.05) is 49.6 Å². The van der Waals surface area contributed by atoms with Crippen molar-refractivity contribution in [3.8, 4) is 0 Å². The Hall–Kier alpha value is -3.14. The Kier molecular flexibility index (Phi) is 4.39. The molecule has 0 spiro atoms. The van der Waals surface area contributed by atoms with Gasteiger partial charge in [-0.2, -0.15) is 10.1 Å². The number of amides is 1. The Labute approximate surface area is 186 Å². The Balaban J connectivity index is 1.33. The van der Waals surface area contributed by atoms with Gasteiger partial charge in [-0.3, -0.25) is 9.89 Å². The SMILES string of the molecule is C[C@@]1(C(=O)N2CC[C@@H](N)C2)CCCN1c1nc(Nc2cc(C3CC3)[nH]n2)c2cccn2n1. The molecule has 0 unspecified atom stereocenters. The van der Waals surface area contributed by atoms with Crippen LogP contribution in [0.2, 0.25) is 0 Å². The first-order valence-electron chi connectivity index (χ1n) is 11.5. The van der Waals surface area contributed by atoms with Crippen LogP contribution in [0, 0.1) is 0 Å². The zero-order chi connectivity index (χ0) is 21.9. The molecule has 3 fully saturated rings. The number of carbonyl (C=O) groups is 1. The molecule has 1 amide bonds. The molecule has 10 nitrogen and oxygen atoms in total. The summed E-state index contributed by atoms with van der Waals surface area (Å²) in [7, 11) is 0. The van der Waals surface area contributed by atoms with Gasteiger partial charge in [0.1, 0.15) is 11.1 Å². The lowest BCUT2D eigenvalue weighted by Gasteiger charge is -2.37. The van der Waals surface area contributed by atoms with Crippen molar-refractivity contribution in [1.82, 2.24) is 29.7 Å². The molecule has 3 aromatic rings. The van der Waals surface area contributed by atoms with Crippen LogP contribution in [0.4, 0.5) is 17.6 Å². The third-order valence-electron chi connectivity index (χ3n) is 7.10. The van der Waals surface area contributed by atoms with Crippen molar-refractivity contribution < 1.29 is 4.79 Å². The van der Waals surface area contributed by atoms with Gasteiger partial charge in [0.2, 0.25) is 11.9 Å². The van der Waals surface area contributed by atoms with Gasteiger partial charge in [-0.05, 0) is 51.2 Å².